The normalized spacial score (nSPS) is 12.5. The Balaban J connectivity index is 2.74. The lowest BCUT2D eigenvalue weighted by Gasteiger charge is -2.14. The molecular formula is C12H19N3O6S2. The minimum atomic E-state index is -3.89. The summed E-state index contributed by atoms with van der Waals surface area (Å²) in [4.78, 5) is 10.0. The van der Waals surface area contributed by atoms with Crippen molar-refractivity contribution in [3.8, 4) is 0 Å². The van der Waals surface area contributed by atoms with Crippen molar-refractivity contribution in [3.63, 3.8) is 0 Å². The minimum absolute atomic E-state index is 0.0177. The number of nitro benzene ring substituents is 1. The Labute approximate surface area is 135 Å². The Morgan fingerprint density at radius 2 is 1.87 bits per heavy atom. The molecule has 0 heterocycles. The van der Waals surface area contributed by atoms with Gasteiger partial charge in [-0.15, -0.1) is 0 Å². The van der Waals surface area contributed by atoms with E-state index in [2.05, 4.69) is 4.72 Å². The molecule has 0 atom stereocenters. The molecule has 1 aromatic rings. The second kappa shape index (κ2) is 7.34. The Morgan fingerprint density at radius 3 is 2.39 bits per heavy atom. The molecule has 0 fully saturated rings. The van der Waals surface area contributed by atoms with Crippen molar-refractivity contribution in [1.82, 2.24) is 9.03 Å². The Kier molecular flexibility index (Phi) is 6.22. The van der Waals surface area contributed by atoms with Crippen molar-refractivity contribution in [2.45, 2.75) is 18.2 Å². The quantitative estimate of drug-likeness (QED) is 0.405. The molecule has 0 saturated carbocycles. The van der Waals surface area contributed by atoms with Gasteiger partial charge in [-0.2, -0.15) is 0 Å². The van der Waals surface area contributed by atoms with Crippen molar-refractivity contribution in [3.05, 3.63) is 33.9 Å². The molecule has 0 unspecified atom stereocenters. The number of hydrogen-bond acceptors (Lipinski definition) is 6. The minimum Gasteiger partial charge on any atom is -0.258 e. The average Bonchev–Trinajstić information content (AvgIpc) is 2.42. The van der Waals surface area contributed by atoms with Crippen molar-refractivity contribution < 1.29 is 21.8 Å². The van der Waals surface area contributed by atoms with E-state index in [0.717, 1.165) is 16.6 Å². The van der Waals surface area contributed by atoms with Gasteiger partial charge in [-0.1, -0.05) is 6.07 Å². The van der Waals surface area contributed by atoms with Crippen LogP contribution in [0.2, 0.25) is 0 Å². The molecule has 0 bridgehead atoms. The van der Waals surface area contributed by atoms with Crippen LogP contribution in [0.5, 0.6) is 0 Å². The number of benzene rings is 1. The van der Waals surface area contributed by atoms with Crippen LogP contribution in [0, 0.1) is 17.0 Å². The maximum Gasteiger partial charge on any atom is 0.273 e. The smallest absolute Gasteiger partial charge is 0.258 e. The molecule has 0 aromatic heterocycles. The number of hydrogen-bond donors (Lipinski definition) is 1. The lowest BCUT2D eigenvalue weighted by atomic mass is 10.2. The van der Waals surface area contributed by atoms with Crippen LogP contribution in [-0.4, -0.2) is 52.5 Å². The molecule has 0 saturated heterocycles. The number of nitro groups is 1. The van der Waals surface area contributed by atoms with Crippen LogP contribution in [0.1, 0.15) is 12.0 Å². The summed E-state index contributed by atoms with van der Waals surface area (Å²) >= 11 is 0. The van der Waals surface area contributed by atoms with Gasteiger partial charge in [0.1, 0.15) is 0 Å². The third kappa shape index (κ3) is 5.53. The summed E-state index contributed by atoms with van der Waals surface area (Å²) in [7, 11) is -5.80. The highest BCUT2D eigenvalue weighted by Gasteiger charge is 2.19. The molecule has 23 heavy (non-hydrogen) atoms. The van der Waals surface area contributed by atoms with E-state index < -0.39 is 25.0 Å². The zero-order chi connectivity index (χ0) is 17.8. The summed E-state index contributed by atoms with van der Waals surface area (Å²) in [6.07, 6.45) is 1.33. The van der Waals surface area contributed by atoms with Gasteiger partial charge in [-0.3, -0.25) is 10.1 Å². The summed E-state index contributed by atoms with van der Waals surface area (Å²) in [6, 6.07) is 3.65. The number of sulfonamides is 2. The molecule has 9 nitrogen and oxygen atoms in total. The van der Waals surface area contributed by atoms with Crippen molar-refractivity contribution in [2.75, 3.05) is 26.4 Å². The second-order valence-electron chi connectivity index (χ2n) is 5.04. The third-order valence-corrected chi connectivity index (χ3v) is 5.97. The van der Waals surface area contributed by atoms with Gasteiger partial charge in [-0.05, 0) is 19.4 Å². The van der Waals surface area contributed by atoms with Crippen LogP contribution in [0.3, 0.4) is 0 Å². The molecule has 0 radical (unpaired) electrons. The molecule has 1 aromatic carbocycles. The van der Waals surface area contributed by atoms with E-state index >= 15 is 0 Å². The number of rotatable bonds is 8. The lowest BCUT2D eigenvalue weighted by molar-refractivity contribution is -0.385. The molecule has 11 heteroatoms. The van der Waals surface area contributed by atoms with Crippen LogP contribution in [0.25, 0.3) is 0 Å². The first-order valence-electron chi connectivity index (χ1n) is 6.61. The Bertz CT molecular complexity index is 789. The highest BCUT2D eigenvalue weighted by atomic mass is 32.2. The number of nitrogens with zero attached hydrogens (tertiary/aromatic N) is 2. The van der Waals surface area contributed by atoms with E-state index in [1.54, 1.807) is 0 Å². The molecule has 1 rings (SSSR count). The fourth-order valence-electron chi connectivity index (χ4n) is 1.71. The molecule has 0 amide bonds. The van der Waals surface area contributed by atoms with Crippen LogP contribution >= 0.6 is 0 Å². The molecule has 1 N–H and O–H groups in total. The molecule has 0 aliphatic rings. The first-order valence-corrected chi connectivity index (χ1v) is 9.94. The fourth-order valence-corrected chi connectivity index (χ4v) is 3.26. The molecular weight excluding hydrogens is 346 g/mol. The van der Waals surface area contributed by atoms with Crippen LogP contribution < -0.4 is 4.72 Å². The standard InChI is InChI=1S/C12H19N3O6S2/c1-10-5-6-11(9-12(10)15(16)17)23(20,21)13-7-4-8-14(2)22(3,18)19/h5-6,9,13H,4,7-8H2,1-3H3. The largest absolute Gasteiger partial charge is 0.273 e. The van der Waals surface area contributed by atoms with Gasteiger partial charge in [0.2, 0.25) is 20.0 Å². The summed E-state index contributed by atoms with van der Waals surface area (Å²) in [5.74, 6) is 0. The van der Waals surface area contributed by atoms with E-state index in [1.165, 1.54) is 26.1 Å². The second-order valence-corrected chi connectivity index (χ2v) is 8.90. The topological polar surface area (TPSA) is 127 Å². The zero-order valence-corrected chi connectivity index (χ0v) is 14.6. The molecule has 0 spiro atoms. The van der Waals surface area contributed by atoms with Gasteiger partial charge < -0.3 is 0 Å². The zero-order valence-electron chi connectivity index (χ0n) is 13.0. The first-order chi connectivity index (χ1) is 10.4. The summed E-state index contributed by atoms with van der Waals surface area (Å²) < 4.78 is 50.0. The van der Waals surface area contributed by atoms with E-state index in [0.29, 0.717) is 5.56 Å². The van der Waals surface area contributed by atoms with Gasteiger partial charge in [0.25, 0.3) is 5.69 Å². The third-order valence-electron chi connectivity index (χ3n) is 3.20. The average molecular weight is 365 g/mol. The van der Waals surface area contributed by atoms with Crippen molar-refractivity contribution in [2.24, 2.45) is 0 Å². The van der Waals surface area contributed by atoms with Gasteiger partial charge in [0.05, 0.1) is 16.1 Å². The molecule has 0 aliphatic heterocycles. The monoisotopic (exact) mass is 365 g/mol. The molecule has 130 valence electrons. The van der Waals surface area contributed by atoms with E-state index in [1.807, 2.05) is 0 Å². The summed E-state index contributed by atoms with van der Waals surface area (Å²) in [5.41, 5.74) is 0.0911. The summed E-state index contributed by atoms with van der Waals surface area (Å²) in [5, 5.41) is 10.9. The fraction of sp³-hybridized carbons (Fsp3) is 0.500. The lowest BCUT2D eigenvalue weighted by Crippen LogP contribution is -2.31. The van der Waals surface area contributed by atoms with Gasteiger partial charge >= 0.3 is 0 Å². The maximum absolute atomic E-state index is 12.1. The van der Waals surface area contributed by atoms with Gasteiger partial charge in [0, 0.05) is 31.8 Å². The van der Waals surface area contributed by atoms with Gasteiger partial charge in [0.15, 0.2) is 0 Å². The number of nitrogens with one attached hydrogen (secondary N) is 1. The number of aryl methyl sites for hydroxylation is 1. The van der Waals surface area contributed by atoms with E-state index in [9.17, 15) is 26.9 Å². The van der Waals surface area contributed by atoms with Crippen LogP contribution in [0.4, 0.5) is 5.69 Å². The summed E-state index contributed by atoms with van der Waals surface area (Å²) in [6.45, 7) is 1.70. The van der Waals surface area contributed by atoms with Gasteiger partial charge in [-0.25, -0.2) is 25.9 Å². The van der Waals surface area contributed by atoms with Crippen molar-refractivity contribution in [1.29, 1.82) is 0 Å². The maximum atomic E-state index is 12.1. The van der Waals surface area contributed by atoms with Crippen LogP contribution in [0.15, 0.2) is 23.1 Å². The highest BCUT2D eigenvalue weighted by Crippen LogP contribution is 2.21. The first kappa shape index (κ1) is 19.5. The Hall–Kier alpha value is -1.56. The molecule has 0 aliphatic carbocycles. The SMILES string of the molecule is Cc1ccc(S(=O)(=O)NCCCN(C)S(C)(=O)=O)cc1[N+](=O)[O-]. The highest BCUT2D eigenvalue weighted by molar-refractivity contribution is 7.89. The predicted octanol–water partition coefficient (Wildman–Crippen LogP) is 0.463. The Morgan fingerprint density at radius 1 is 1.26 bits per heavy atom. The van der Waals surface area contributed by atoms with E-state index in [-0.39, 0.29) is 30.1 Å². The predicted molar refractivity (Wildman–Crippen MR) is 85.1 cm³/mol. The van der Waals surface area contributed by atoms with Crippen molar-refractivity contribution >= 4 is 25.7 Å². The van der Waals surface area contributed by atoms with Crippen LogP contribution in [-0.2, 0) is 20.0 Å². The van der Waals surface area contributed by atoms with E-state index in [4.69, 9.17) is 0 Å².